The first-order chi connectivity index (χ1) is 16.8. The van der Waals surface area contributed by atoms with Crippen molar-refractivity contribution in [3.8, 4) is 0 Å². The van der Waals surface area contributed by atoms with Gasteiger partial charge in [-0.2, -0.15) is 0 Å². The largest absolute Gasteiger partial charge is 0.438 e. The van der Waals surface area contributed by atoms with Gasteiger partial charge in [0.05, 0.1) is 13.2 Å². The van der Waals surface area contributed by atoms with Gasteiger partial charge in [0.1, 0.15) is 43.2 Å². The minimum absolute atomic E-state index is 0.234. The van der Waals surface area contributed by atoms with Crippen LogP contribution in [-0.4, -0.2) is 123 Å². The summed E-state index contributed by atoms with van der Waals surface area (Å²) in [6, 6.07) is 9.59. The minimum Gasteiger partial charge on any atom is -0.438 e. The van der Waals surface area contributed by atoms with Crippen LogP contribution < -0.4 is 5.32 Å². The molecule has 13 heteroatoms. The first-order valence-corrected chi connectivity index (χ1v) is 11.3. The van der Waals surface area contributed by atoms with Gasteiger partial charge in [-0.25, -0.2) is 4.79 Å². The van der Waals surface area contributed by atoms with Crippen molar-refractivity contribution in [2.75, 3.05) is 26.4 Å². The summed E-state index contributed by atoms with van der Waals surface area (Å²) in [5.74, 6) is -2.31. The molecule has 198 valence electrons. The zero-order valence-corrected chi connectivity index (χ0v) is 18.9. The number of aryl methyl sites for hydroxylation is 1. The maximum absolute atomic E-state index is 12.4. The van der Waals surface area contributed by atoms with Gasteiger partial charge in [-0.3, -0.25) is 0 Å². The average Bonchev–Trinajstić information content (AvgIpc) is 3.11. The van der Waals surface area contributed by atoms with E-state index < -0.39 is 80.7 Å². The summed E-state index contributed by atoms with van der Waals surface area (Å²) in [5.41, 5.74) is 1.08. The van der Waals surface area contributed by atoms with Crippen LogP contribution in [0.15, 0.2) is 30.3 Å². The Morgan fingerprint density at radius 3 is 2.26 bits per heavy atom. The van der Waals surface area contributed by atoms with Gasteiger partial charge in [0.15, 0.2) is 6.10 Å². The third kappa shape index (κ3) is 6.27. The van der Waals surface area contributed by atoms with E-state index in [1.165, 1.54) is 0 Å². The van der Waals surface area contributed by atoms with Gasteiger partial charge in [-0.1, -0.05) is 30.3 Å². The van der Waals surface area contributed by atoms with Crippen LogP contribution in [-0.2, 0) is 25.4 Å². The highest BCUT2D eigenvalue weighted by Crippen LogP contribution is 2.36. The summed E-state index contributed by atoms with van der Waals surface area (Å²) in [6.07, 6.45) is -12.7. The van der Waals surface area contributed by atoms with E-state index in [4.69, 9.17) is 18.9 Å². The first kappa shape index (κ1) is 27.7. The second-order valence-corrected chi connectivity index (χ2v) is 8.45. The molecule has 1 aromatic rings. The molecule has 8 N–H and O–H groups in total. The van der Waals surface area contributed by atoms with Crippen molar-refractivity contribution in [3.05, 3.63) is 35.9 Å². The van der Waals surface area contributed by atoms with E-state index in [1.807, 2.05) is 30.3 Å². The third-order valence-corrected chi connectivity index (χ3v) is 6.04. The number of carbonyl (C=O) groups is 1. The molecule has 13 nitrogen and oxygen atoms in total. The highest BCUT2D eigenvalue weighted by molar-refractivity contribution is 5.67. The Morgan fingerprint density at radius 2 is 1.66 bits per heavy atom. The molecule has 1 aromatic carbocycles. The van der Waals surface area contributed by atoms with Crippen molar-refractivity contribution in [1.82, 2.24) is 5.32 Å². The van der Waals surface area contributed by atoms with Crippen molar-refractivity contribution in [1.29, 1.82) is 0 Å². The SMILES string of the molecule is O=C(NCCCc1ccccc1)O[C@H]1[C@@H](O[C@]2(CO)O[C@H](CO)[C@@H](O)[C@@H]2O)O[C@H](CO)[C@@H](O)[C@@H]1O. The van der Waals surface area contributed by atoms with Crippen molar-refractivity contribution >= 4 is 6.09 Å². The first-order valence-electron chi connectivity index (χ1n) is 11.3. The normalized spacial score (nSPS) is 37.2. The molecule has 0 bridgehead atoms. The van der Waals surface area contributed by atoms with E-state index in [1.54, 1.807) is 0 Å². The van der Waals surface area contributed by atoms with Gasteiger partial charge in [0, 0.05) is 6.54 Å². The van der Waals surface area contributed by atoms with E-state index in [0.29, 0.717) is 12.8 Å². The molecular formula is C22H33NO12. The predicted octanol–water partition coefficient (Wildman–Crippen LogP) is -3.03. The number of aliphatic hydroxyl groups excluding tert-OH is 7. The maximum Gasteiger partial charge on any atom is 0.407 e. The quantitative estimate of drug-likeness (QED) is 0.150. The lowest BCUT2D eigenvalue weighted by atomic mass is 9.98. The van der Waals surface area contributed by atoms with Crippen molar-refractivity contribution in [3.63, 3.8) is 0 Å². The molecular weight excluding hydrogens is 470 g/mol. The fourth-order valence-corrected chi connectivity index (χ4v) is 4.04. The molecule has 2 aliphatic rings. The molecule has 2 saturated heterocycles. The fourth-order valence-electron chi connectivity index (χ4n) is 4.04. The summed E-state index contributed by atoms with van der Waals surface area (Å²) in [7, 11) is 0. The number of rotatable bonds is 10. The zero-order chi connectivity index (χ0) is 25.6. The molecule has 0 aromatic heterocycles. The van der Waals surface area contributed by atoms with Crippen LogP contribution in [0.4, 0.5) is 4.79 Å². The lowest BCUT2D eigenvalue weighted by Gasteiger charge is -2.44. The summed E-state index contributed by atoms with van der Waals surface area (Å²) < 4.78 is 21.5. The van der Waals surface area contributed by atoms with E-state index in [9.17, 15) is 40.5 Å². The molecule has 0 radical (unpaired) electrons. The van der Waals surface area contributed by atoms with Gasteiger partial charge in [-0.15, -0.1) is 0 Å². The number of alkyl carbamates (subject to hydrolysis) is 1. The van der Waals surface area contributed by atoms with Gasteiger partial charge in [0.25, 0.3) is 0 Å². The summed E-state index contributed by atoms with van der Waals surface area (Å²) in [4.78, 5) is 12.4. The Hall–Kier alpha value is -1.91. The highest BCUT2D eigenvalue weighted by atomic mass is 16.8. The number of hydrogen-bond donors (Lipinski definition) is 8. The van der Waals surface area contributed by atoms with Crippen molar-refractivity contribution < 1.29 is 59.5 Å². The fraction of sp³-hybridized carbons (Fsp3) is 0.682. The van der Waals surface area contributed by atoms with Crippen LogP contribution in [0.2, 0.25) is 0 Å². The molecule has 2 aliphatic heterocycles. The number of ether oxygens (including phenoxy) is 4. The standard InChI is InChI=1S/C22H33NO12/c24-9-13-15(27)17(29)18(33-21(31)23-8-4-7-12-5-2-1-3-6-12)20(32-13)35-22(11-26)19(30)16(28)14(10-25)34-22/h1-3,5-6,13-20,24-30H,4,7-11H2,(H,23,31)/t13-,14-,15-,16-,17+,18-,19+,20-,22+/m1/s1. The molecule has 0 saturated carbocycles. The predicted molar refractivity (Wildman–Crippen MR) is 116 cm³/mol. The number of carbonyl (C=O) groups excluding carboxylic acids is 1. The smallest absolute Gasteiger partial charge is 0.407 e. The Morgan fingerprint density at radius 1 is 0.971 bits per heavy atom. The van der Waals surface area contributed by atoms with Gasteiger partial charge < -0.3 is 60.0 Å². The molecule has 0 aliphatic carbocycles. The van der Waals surface area contributed by atoms with E-state index in [-0.39, 0.29) is 6.54 Å². The molecule has 35 heavy (non-hydrogen) atoms. The van der Waals surface area contributed by atoms with Crippen molar-refractivity contribution in [2.24, 2.45) is 0 Å². The van der Waals surface area contributed by atoms with Crippen molar-refractivity contribution in [2.45, 2.75) is 67.6 Å². The second-order valence-electron chi connectivity index (χ2n) is 8.45. The number of amides is 1. The Kier molecular flexibility index (Phi) is 9.77. The average molecular weight is 504 g/mol. The molecule has 2 heterocycles. The highest BCUT2D eigenvalue weighted by Gasteiger charge is 2.59. The Labute approximate surface area is 201 Å². The third-order valence-electron chi connectivity index (χ3n) is 6.04. The summed E-state index contributed by atoms with van der Waals surface area (Å²) in [5, 5.41) is 72.4. The number of aliphatic hydroxyl groups is 7. The Balaban J connectivity index is 1.66. The lowest BCUT2D eigenvalue weighted by molar-refractivity contribution is -0.382. The number of benzene rings is 1. The molecule has 1 amide bonds. The zero-order valence-electron chi connectivity index (χ0n) is 18.9. The van der Waals surface area contributed by atoms with E-state index in [2.05, 4.69) is 5.32 Å². The van der Waals surface area contributed by atoms with Crippen LogP contribution in [0.25, 0.3) is 0 Å². The van der Waals surface area contributed by atoms with E-state index in [0.717, 1.165) is 5.56 Å². The summed E-state index contributed by atoms with van der Waals surface area (Å²) >= 11 is 0. The molecule has 9 atom stereocenters. The van der Waals surface area contributed by atoms with Crippen LogP contribution >= 0.6 is 0 Å². The van der Waals surface area contributed by atoms with Crippen LogP contribution in [0, 0.1) is 0 Å². The number of hydrogen-bond acceptors (Lipinski definition) is 12. The van der Waals surface area contributed by atoms with Gasteiger partial charge in [-0.05, 0) is 18.4 Å². The topological polar surface area (TPSA) is 208 Å². The van der Waals surface area contributed by atoms with Crippen LogP contribution in [0.3, 0.4) is 0 Å². The monoisotopic (exact) mass is 503 g/mol. The Bertz CT molecular complexity index is 800. The second kappa shape index (κ2) is 12.4. The van der Waals surface area contributed by atoms with Crippen LogP contribution in [0.5, 0.6) is 0 Å². The maximum atomic E-state index is 12.4. The van der Waals surface area contributed by atoms with Gasteiger partial charge in [0.2, 0.25) is 12.1 Å². The lowest BCUT2D eigenvalue weighted by Crippen LogP contribution is -2.64. The van der Waals surface area contributed by atoms with Gasteiger partial charge >= 0.3 is 6.09 Å². The molecule has 3 rings (SSSR count). The molecule has 2 fully saturated rings. The molecule has 0 unspecified atom stereocenters. The van der Waals surface area contributed by atoms with E-state index >= 15 is 0 Å². The minimum atomic E-state index is -2.31. The number of nitrogens with one attached hydrogen (secondary N) is 1. The summed E-state index contributed by atoms with van der Waals surface area (Å²) in [6.45, 7) is -2.23. The van der Waals surface area contributed by atoms with Crippen LogP contribution in [0.1, 0.15) is 12.0 Å². The molecule has 0 spiro atoms.